The molecule has 0 radical (unpaired) electrons. The van der Waals surface area contributed by atoms with E-state index in [1.807, 2.05) is 60.7 Å². The van der Waals surface area contributed by atoms with Crippen LogP contribution in [0.4, 0.5) is 5.69 Å². The molecule has 0 fully saturated rings. The van der Waals surface area contributed by atoms with Gasteiger partial charge in [-0.1, -0.05) is 42.5 Å². The van der Waals surface area contributed by atoms with Gasteiger partial charge in [0, 0.05) is 21.8 Å². The Hall–Kier alpha value is -4.01. The molecule has 0 bridgehead atoms. The first-order valence-electron chi connectivity index (χ1n) is 10.7. The molecule has 0 atom stereocenters. The molecule has 0 aliphatic carbocycles. The van der Waals surface area contributed by atoms with E-state index in [0.717, 1.165) is 21.4 Å². The lowest BCUT2D eigenvalue weighted by atomic mass is 10.2. The fraction of sp³-hybridized carbons (Fsp3) is 0. The molecule has 0 unspecified atom stereocenters. The van der Waals surface area contributed by atoms with Crippen molar-refractivity contribution in [3.05, 3.63) is 101 Å². The van der Waals surface area contributed by atoms with Crippen LogP contribution in [0.5, 0.6) is 0 Å². The number of hydrogen-bond donors (Lipinski definition) is 2. The SMILES string of the molecule is O=C(/C=C/c1ccc(-c2ccccc2)o1)NC(=S)Nc1ccc2oc(-c3ccccc3Br)nc2c1. The summed E-state index contributed by atoms with van der Waals surface area (Å²) in [5.41, 5.74) is 3.82. The number of rotatable bonds is 5. The summed E-state index contributed by atoms with van der Waals surface area (Å²) in [6.07, 6.45) is 2.96. The second-order valence-electron chi connectivity index (χ2n) is 7.53. The average molecular weight is 544 g/mol. The van der Waals surface area contributed by atoms with Crippen LogP contribution in [0.1, 0.15) is 5.76 Å². The Morgan fingerprint density at radius 2 is 1.74 bits per heavy atom. The van der Waals surface area contributed by atoms with Gasteiger partial charge in [-0.2, -0.15) is 0 Å². The van der Waals surface area contributed by atoms with Crippen LogP contribution in [-0.4, -0.2) is 16.0 Å². The molecule has 6 nitrogen and oxygen atoms in total. The highest BCUT2D eigenvalue weighted by Crippen LogP contribution is 2.31. The maximum Gasteiger partial charge on any atom is 0.250 e. The van der Waals surface area contributed by atoms with Crippen molar-refractivity contribution >= 4 is 62.0 Å². The van der Waals surface area contributed by atoms with Gasteiger partial charge in [0.2, 0.25) is 11.8 Å². The minimum absolute atomic E-state index is 0.165. The molecular weight excluding hydrogens is 526 g/mol. The van der Waals surface area contributed by atoms with E-state index in [2.05, 4.69) is 31.5 Å². The smallest absolute Gasteiger partial charge is 0.250 e. The minimum atomic E-state index is -0.376. The van der Waals surface area contributed by atoms with E-state index in [9.17, 15) is 4.79 Å². The number of nitrogens with one attached hydrogen (secondary N) is 2. The third kappa shape index (κ3) is 5.40. The number of halogens is 1. The lowest BCUT2D eigenvalue weighted by molar-refractivity contribution is -0.115. The van der Waals surface area contributed by atoms with Gasteiger partial charge in [0.05, 0.1) is 5.56 Å². The topological polar surface area (TPSA) is 80.3 Å². The summed E-state index contributed by atoms with van der Waals surface area (Å²) >= 11 is 8.80. The Morgan fingerprint density at radius 3 is 2.57 bits per heavy atom. The molecular formula is C27H18BrN3O3S. The highest BCUT2D eigenvalue weighted by Gasteiger charge is 2.12. The Bertz CT molecular complexity index is 1560. The van der Waals surface area contributed by atoms with E-state index in [1.54, 1.807) is 30.3 Å². The predicted molar refractivity (Wildman–Crippen MR) is 145 cm³/mol. The largest absolute Gasteiger partial charge is 0.457 e. The molecule has 5 aromatic rings. The number of carbonyl (C=O) groups is 1. The first-order valence-corrected chi connectivity index (χ1v) is 11.9. The Balaban J connectivity index is 1.21. The molecule has 2 heterocycles. The Morgan fingerprint density at radius 1 is 0.943 bits per heavy atom. The first-order chi connectivity index (χ1) is 17.0. The highest BCUT2D eigenvalue weighted by atomic mass is 79.9. The molecule has 2 aromatic heterocycles. The zero-order valence-corrected chi connectivity index (χ0v) is 20.6. The van der Waals surface area contributed by atoms with E-state index in [4.69, 9.17) is 21.1 Å². The number of carbonyl (C=O) groups excluding carboxylic acids is 1. The second kappa shape index (κ2) is 10.1. The predicted octanol–water partition coefficient (Wildman–Crippen LogP) is 7.04. The zero-order valence-electron chi connectivity index (χ0n) is 18.2. The van der Waals surface area contributed by atoms with Gasteiger partial charge in [-0.25, -0.2) is 4.98 Å². The fourth-order valence-electron chi connectivity index (χ4n) is 3.43. The van der Waals surface area contributed by atoms with Gasteiger partial charge in [-0.15, -0.1) is 0 Å². The molecule has 1 amide bonds. The van der Waals surface area contributed by atoms with Gasteiger partial charge < -0.3 is 14.2 Å². The van der Waals surface area contributed by atoms with Crippen molar-refractivity contribution in [3.63, 3.8) is 0 Å². The van der Waals surface area contributed by atoms with Crippen LogP contribution in [0.25, 0.3) is 40.0 Å². The number of fused-ring (bicyclic) bond motifs is 1. The molecule has 0 aliphatic rings. The van der Waals surface area contributed by atoms with Crippen molar-refractivity contribution in [2.45, 2.75) is 0 Å². The molecule has 2 N–H and O–H groups in total. The van der Waals surface area contributed by atoms with Gasteiger partial charge in [-0.05, 0) is 76.7 Å². The molecule has 3 aromatic carbocycles. The van der Waals surface area contributed by atoms with Gasteiger partial charge in [-0.3, -0.25) is 10.1 Å². The van der Waals surface area contributed by atoms with E-state index in [0.29, 0.717) is 28.4 Å². The maximum absolute atomic E-state index is 12.3. The summed E-state index contributed by atoms with van der Waals surface area (Å²) in [4.78, 5) is 16.9. The van der Waals surface area contributed by atoms with Crippen molar-refractivity contribution in [2.24, 2.45) is 0 Å². The Kier molecular flexibility index (Phi) is 6.56. The maximum atomic E-state index is 12.3. The number of thiocarbonyl (C=S) groups is 1. The van der Waals surface area contributed by atoms with Crippen LogP contribution in [0.3, 0.4) is 0 Å². The van der Waals surface area contributed by atoms with Gasteiger partial charge in [0.1, 0.15) is 17.0 Å². The molecule has 0 saturated carbocycles. The van der Waals surface area contributed by atoms with Crippen molar-refractivity contribution in [1.82, 2.24) is 10.3 Å². The Labute approximate surface area is 214 Å². The summed E-state index contributed by atoms with van der Waals surface area (Å²) in [6, 6.07) is 26.5. The standard InChI is InChI=1S/C27H18BrN3O3S/c28-21-9-5-4-8-20(21)26-30-22-16-18(10-13-24(22)34-26)29-27(35)31-25(32)15-12-19-11-14-23(33-19)17-6-2-1-3-7-17/h1-16H,(H2,29,31,32,35)/b15-12+. The summed E-state index contributed by atoms with van der Waals surface area (Å²) in [6.45, 7) is 0. The fourth-order valence-corrected chi connectivity index (χ4v) is 4.10. The third-order valence-electron chi connectivity index (χ3n) is 5.07. The average Bonchev–Trinajstić information content (AvgIpc) is 3.50. The first kappa shape index (κ1) is 22.8. The van der Waals surface area contributed by atoms with Gasteiger partial charge in [0.15, 0.2) is 10.7 Å². The van der Waals surface area contributed by atoms with Crippen LogP contribution in [0.2, 0.25) is 0 Å². The van der Waals surface area contributed by atoms with Crippen LogP contribution in [0.15, 0.2) is 104 Å². The number of hydrogen-bond acceptors (Lipinski definition) is 5. The van der Waals surface area contributed by atoms with E-state index in [1.165, 1.54) is 6.08 Å². The van der Waals surface area contributed by atoms with Crippen molar-refractivity contribution in [1.29, 1.82) is 0 Å². The van der Waals surface area contributed by atoms with E-state index >= 15 is 0 Å². The van der Waals surface area contributed by atoms with E-state index in [-0.39, 0.29) is 11.0 Å². The van der Waals surface area contributed by atoms with Crippen molar-refractivity contribution in [3.8, 4) is 22.8 Å². The normalized spacial score (nSPS) is 11.1. The number of amides is 1. The number of furan rings is 1. The number of anilines is 1. The molecule has 0 saturated heterocycles. The molecule has 5 rings (SSSR count). The number of nitrogens with zero attached hydrogens (tertiary/aromatic N) is 1. The molecule has 0 spiro atoms. The van der Waals surface area contributed by atoms with Crippen LogP contribution in [-0.2, 0) is 4.79 Å². The summed E-state index contributed by atoms with van der Waals surface area (Å²) < 4.78 is 12.5. The van der Waals surface area contributed by atoms with Crippen molar-refractivity contribution in [2.75, 3.05) is 5.32 Å². The summed E-state index contributed by atoms with van der Waals surface area (Å²) in [5.74, 6) is 1.43. The van der Waals surface area contributed by atoms with Crippen LogP contribution >= 0.6 is 28.1 Å². The highest BCUT2D eigenvalue weighted by molar-refractivity contribution is 9.10. The van der Waals surface area contributed by atoms with Crippen LogP contribution in [0, 0.1) is 0 Å². The number of benzene rings is 3. The second-order valence-corrected chi connectivity index (χ2v) is 8.79. The molecule has 8 heteroatoms. The molecule has 35 heavy (non-hydrogen) atoms. The van der Waals surface area contributed by atoms with Gasteiger partial charge in [0.25, 0.3) is 0 Å². The zero-order chi connectivity index (χ0) is 24.2. The molecule has 172 valence electrons. The number of aromatic nitrogens is 1. The van der Waals surface area contributed by atoms with Gasteiger partial charge >= 0.3 is 0 Å². The third-order valence-corrected chi connectivity index (χ3v) is 5.97. The minimum Gasteiger partial charge on any atom is -0.457 e. The quantitative estimate of drug-likeness (QED) is 0.183. The number of oxazole rings is 1. The summed E-state index contributed by atoms with van der Waals surface area (Å²) in [7, 11) is 0. The van der Waals surface area contributed by atoms with Crippen LogP contribution < -0.4 is 10.6 Å². The summed E-state index contributed by atoms with van der Waals surface area (Å²) in [5, 5.41) is 5.79. The lowest BCUT2D eigenvalue weighted by Gasteiger charge is -2.07. The van der Waals surface area contributed by atoms with E-state index < -0.39 is 0 Å². The van der Waals surface area contributed by atoms with Crippen molar-refractivity contribution < 1.29 is 13.6 Å². The lowest BCUT2D eigenvalue weighted by Crippen LogP contribution is -2.32. The molecule has 0 aliphatic heterocycles. The monoisotopic (exact) mass is 543 g/mol.